The molecule has 70 heavy (non-hydrogen) atoms. The zero-order valence-electron chi connectivity index (χ0n) is 45.2. The molecule has 0 amide bonds. The first-order valence-corrected chi connectivity index (χ1v) is 23.2. The summed E-state index contributed by atoms with van der Waals surface area (Å²) >= 11 is 0. The van der Waals surface area contributed by atoms with Crippen LogP contribution >= 0.6 is 0 Å². The first-order valence-electron chi connectivity index (χ1n) is 27.2. The van der Waals surface area contributed by atoms with Gasteiger partial charge in [-0.2, -0.15) is 0 Å². The van der Waals surface area contributed by atoms with Gasteiger partial charge in [-0.25, -0.2) is 9.97 Å². The number of benzene rings is 10. The Morgan fingerprint density at radius 2 is 0.629 bits per heavy atom. The van der Waals surface area contributed by atoms with Crippen molar-refractivity contribution in [2.45, 2.75) is 0 Å². The van der Waals surface area contributed by atoms with Crippen LogP contribution in [0.3, 0.4) is 0 Å². The van der Waals surface area contributed by atoms with Gasteiger partial charge in [-0.1, -0.05) is 176 Å². The Morgan fingerprint density at radius 3 is 1.10 bits per heavy atom. The van der Waals surface area contributed by atoms with Crippen molar-refractivity contribution in [2.24, 2.45) is 0 Å². The van der Waals surface area contributed by atoms with Gasteiger partial charge in [-0.05, 0) is 66.2 Å². The van der Waals surface area contributed by atoms with E-state index >= 15 is 0 Å². The summed E-state index contributed by atoms with van der Waals surface area (Å²) in [7, 11) is 0. The van der Waals surface area contributed by atoms with Crippen LogP contribution in [0.1, 0.15) is 11.0 Å². The lowest BCUT2D eigenvalue weighted by molar-refractivity contribution is 0.991. The lowest BCUT2D eigenvalue weighted by Crippen LogP contribution is -2.09. The van der Waals surface area contributed by atoms with Gasteiger partial charge in [-0.15, -0.1) is 0 Å². The maximum Gasteiger partial charge on any atom is 0.166 e. The van der Waals surface area contributed by atoms with E-state index in [-0.39, 0.29) is 33.4 Å². The predicted molar refractivity (Wildman–Crippen MR) is 290 cm³/mol. The molecule has 0 aliphatic heterocycles. The molecule has 15 aromatic rings. The van der Waals surface area contributed by atoms with Gasteiger partial charge in [0.2, 0.25) is 0 Å². The molecule has 0 spiro atoms. The molecule has 0 N–H and O–H groups in total. The van der Waals surface area contributed by atoms with E-state index < -0.39 is 48.3 Å². The smallest absolute Gasteiger partial charge is 0.166 e. The van der Waals surface area contributed by atoms with E-state index in [1.165, 1.54) is 4.57 Å². The highest BCUT2D eigenvalue weighted by molar-refractivity contribution is 6.13. The highest BCUT2D eigenvalue weighted by Gasteiger charge is 2.26. The molecule has 6 heteroatoms. The summed E-state index contributed by atoms with van der Waals surface area (Å²) in [5, 5.41) is 6.16. The first-order chi connectivity index (χ1) is 38.1. The van der Waals surface area contributed by atoms with Crippen molar-refractivity contribution in [3.05, 3.63) is 242 Å². The van der Waals surface area contributed by atoms with Gasteiger partial charge < -0.3 is 9.13 Å². The zero-order valence-corrected chi connectivity index (χ0v) is 37.2. The molecule has 5 aromatic heterocycles. The summed E-state index contributed by atoms with van der Waals surface area (Å²) in [4.78, 5) is 11.3. The molecular formula is C64H40N6. The van der Waals surface area contributed by atoms with E-state index in [4.69, 9.17) is 15.5 Å². The number of rotatable bonds is 6. The molecule has 0 unspecified atom stereocenters. The lowest BCUT2D eigenvalue weighted by atomic mass is 9.95. The number of aromatic nitrogens is 6. The Bertz CT molecular complexity index is 4870. The van der Waals surface area contributed by atoms with Gasteiger partial charge in [0.15, 0.2) is 5.82 Å². The van der Waals surface area contributed by atoms with Crippen molar-refractivity contribution in [3.63, 3.8) is 0 Å². The Labute approximate surface area is 413 Å². The summed E-state index contributed by atoms with van der Waals surface area (Å²) in [6.07, 6.45) is 0. The predicted octanol–water partition coefficient (Wildman–Crippen LogP) is 16.2. The highest BCUT2D eigenvalue weighted by atomic mass is 15.2. The molecule has 10 aromatic carbocycles. The summed E-state index contributed by atoms with van der Waals surface area (Å²) in [5.41, 5.74) is 9.46. The van der Waals surface area contributed by atoms with Crippen LogP contribution in [0.4, 0.5) is 0 Å². The molecule has 15 rings (SSSR count). The third kappa shape index (κ3) is 5.50. The molecular weight excluding hydrogens is 853 g/mol. The van der Waals surface area contributed by atoms with Crippen molar-refractivity contribution in [2.75, 3.05) is 0 Å². The highest BCUT2D eigenvalue weighted by Crippen LogP contribution is 2.45. The maximum atomic E-state index is 9.58. The molecule has 0 bridgehead atoms. The van der Waals surface area contributed by atoms with Crippen molar-refractivity contribution in [3.8, 4) is 45.5 Å². The standard InChI is InChI=1S/C64H40N6/c1-10-30-51-41(20-1)42-21-2-11-31-52(42)67(51)55-34-14-9-28-49(55)50-29-19-39-60(68-53-32-12-3-22-43(53)44-23-4-13-33-54(44)68)63(50)64-65-61(69-56-35-15-5-24-45(56)46-25-6-16-36-57(46)69)40-62(66-64)70-58-37-17-7-26-47(58)48-27-8-18-38-59(48)70/h1-40H/i5D,6D,15D,16D,24D,25D,35D,36D. The topological polar surface area (TPSA) is 45.5 Å². The van der Waals surface area contributed by atoms with E-state index in [0.717, 1.165) is 87.9 Å². The van der Waals surface area contributed by atoms with Gasteiger partial charge in [0, 0.05) is 54.7 Å². The first kappa shape index (κ1) is 31.5. The summed E-state index contributed by atoms with van der Waals surface area (Å²) in [6.45, 7) is 0. The van der Waals surface area contributed by atoms with Crippen molar-refractivity contribution >= 4 is 87.2 Å². The minimum Gasteiger partial charge on any atom is -0.309 e. The summed E-state index contributed by atoms with van der Waals surface area (Å²) < 4.78 is 81.7. The van der Waals surface area contributed by atoms with Gasteiger partial charge in [0.05, 0.1) is 72.0 Å². The Morgan fingerprint density at radius 1 is 0.286 bits per heavy atom. The minimum absolute atomic E-state index is 0.0477. The van der Waals surface area contributed by atoms with Gasteiger partial charge in [-0.3, -0.25) is 9.13 Å². The average Bonchev–Trinajstić information content (AvgIpc) is 4.43. The molecule has 0 atom stereocenters. The normalized spacial score (nSPS) is 13.6. The Hall–Kier alpha value is -9.52. The number of hydrogen-bond donors (Lipinski definition) is 0. The van der Waals surface area contributed by atoms with E-state index in [2.05, 4.69) is 129 Å². The van der Waals surface area contributed by atoms with E-state index in [9.17, 15) is 5.48 Å². The second-order valence-corrected chi connectivity index (χ2v) is 17.5. The van der Waals surface area contributed by atoms with Crippen LogP contribution in [0, 0.1) is 0 Å². The van der Waals surface area contributed by atoms with Gasteiger partial charge >= 0.3 is 0 Å². The Balaban J connectivity index is 1.15. The maximum absolute atomic E-state index is 9.58. The van der Waals surface area contributed by atoms with Crippen molar-refractivity contribution < 1.29 is 11.0 Å². The van der Waals surface area contributed by atoms with Crippen LogP contribution in [-0.4, -0.2) is 28.2 Å². The van der Waals surface area contributed by atoms with Crippen LogP contribution in [0.15, 0.2) is 242 Å². The van der Waals surface area contributed by atoms with Crippen LogP contribution in [-0.2, 0) is 0 Å². The van der Waals surface area contributed by atoms with E-state index in [1.54, 1.807) is 6.07 Å². The van der Waals surface area contributed by atoms with Crippen LogP contribution < -0.4 is 0 Å². The third-order valence-electron chi connectivity index (χ3n) is 13.9. The Kier molecular flexibility index (Phi) is 6.74. The van der Waals surface area contributed by atoms with Gasteiger partial charge in [0.1, 0.15) is 11.6 Å². The fourth-order valence-electron chi connectivity index (χ4n) is 11.0. The molecule has 0 saturated heterocycles. The fraction of sp³-hybridized carbons (Fsp3) is 0. The largest absolute Gasteiger partial charge is 0.309 e. The summed E-state index contributed by atoms with van der Waals surface area (Å²) in [5.74, 6) is 0.763. The van der Waals surface area contributed by atoms with E-state index in [1.807, 2.05) is 72.8 Å². The number of hydrogen-bond acceptors (Lipinski definition) is 2. The van der Waals surface area contributed by atoms with Crippen molar-refractivity contribution in [1.29, 1.82) is 0 Å². The van der Waals surface area contributed by atoms with Crippen LogP contribution in [0.2, 0.25) is 0 Å². The summed E-state index contributed by atoms with van der Waals surface area (Å²) in [6, 6.07) is 62.0. The SMILES string of the molecule is [2H]c1c([2H])c([2H])c2c(c1[2H])c1c([2H])c([2H])c([2H])c([2H])c1n2-c1cc(-n2c3ccccc3c3ccccc32)nc(-c2c(-c3ccccc3-n3c4ccccc4c4ccccc43)cccc2-n2c3ccccc3c3ccccc32)n1. The van der Waals surface area contributed by atoms with Gasteiger partial charge in [0.25, 0.3) is 0 Å². The minimum atomic E-state index is -0.528. The number of para-hydroxylation sites is 9. The molecule has 0 fully saturated rings. The number of fused-ring (bicyclic) bond motifs is 12. The fourth-order valence-corrected chi connectivity index (χ4v) is 11.0. The monoisotopic (exact) mass is 900 g/mol. The molecule has 326 valence electrons. The molecule has 5 heterocycles. The number of nitrogens with zero attached hydrogens (tertiary/aromatic N) is 6. The molecule has 0 radical (unpaired) electrons. The van der Waals surface area contributed by atoms with Crippen LogP contribution in [0.5, 0.6) is 0 Å². The van der Waals surface area contributed by atoms with E-state index in [0.29, 0.717) is 11.4 Å². The molecule has 0 saturated carbocycles. The molecule has 0 aliphatic rings. The molecule has 6 nitrogen and oxygen atoms in total. The second-order valence-electron chi connectivity index (χ2n) is 17.5. The quantitative estimate of drug-likeness (QED) is 0.167. The third-order valence-corrected chi connectivity index (χ3v) is 13.9. The zero-order chi connectivity index (χ0) is 52.8. The lowest BCUT2D eigenvalue weighted by Gasteiger charge is -2.21. The van der Waals surface area contributed by atoms with Crippen LogP contribution in [0.25, 0.3) is 133 Å². The second kappa shape index (κ2) is 15.0. The average molecular weight is 901 g/mol. The van der Waals surface area contributed by atoms with Crippen molar-refractivity contribution in [1.82, 2.24) is 28.2 Å². The molecule has 0 aliphatic carbocycles.